The van der Waals surface area contributed by atoms with Gasteiger partial charge < -0.3 is 10.4 Å². The lowest BCUT2D eigenvalue weighted by atomic mass is 9.77. The van der Waals surface area contributed by atoms with Crippen LogP contribution in [0.4, 0.5) is 0 Å². The molecular weight excluding hydrogens is 232 g/mol. The smallest absolute Gasteiger partial charge is 0.311 e. The normalized spacial score (nSPS) is 24.1. The molecule has 2 rings (SSSR count). The number of hydrogen-bond donors (Lipinski definition) is 2. The van der Waals surface area contributed by atoms with Crippen molar-refractivity contribution >= 4 is 5.97 Å². The van der Waals surface area contributed by atoms with Crippen molar-refractivity contribution in [2.24, 2.45) is 5.41 Å². The van der Waals surface area contributed by atoms with Gasteiger partial charge in [-0.1, -0.05) is 6.92 Å². The van der Waals surface area contributed by atoms with Crippen LogP contribution in [0.1, 0.15) is 32.0 Å². The third kappa shape index (κ3) is 2.53. The Hall–Kier alpha value is -1.43. The number of rotatable bonds is 5. The average Bonchev–Trinajstić information content (AvgIpc) is 2.78. The molecular formula is C12H20N4O2. The fraction of sp³-hybridized carbons (Fsp3) is 0.750. The minimum absolute atomic E-state index is 0.454. The second-order valence-electron chi connectivity index (χ2n) is 4.94. The SMILES string of the molecule is CCCn1ncnc1CC1(C(=O)O)CCCNC1. The maximum absolute atomic E-state index is 11.6. The van der Waals surface area contributed by atoms with Crippen LogP contribution in [-0.2, 0) is 17.8 Å². The van der Waals surface area contributed by atoms with Crippen LogP contribution >= 0.6 is 0 Å². The van der Waals surface area contributed by atoms with Gasteiger partial charge in [0.15, 0.2) is 0 Å². The van der Waals surface area contributed by atoms with Crippen molar-refractivity contribution in [3.63, 3.8) is 0 Å². The van der Waals surface area contributed by atoms with Crippen LogP contribution in [0.25, 0.3) is 0 Å². The molecule has 1 saturated heterocycles. The minimum Gasteiger partial charge on any atom is -0.481 e. The second kappa shape index (κ2) is 5.48. The van der Waals surface area contributed by atoms with Gasteiger partial charge >= 0.3 is 5.97 Å². The zero-order valence-corrected chi connectivity index (χ0v) is 10.7. The first kappa shape index (κ1) is 13.0. The van der Waals surface area contributed by atoms with Gasteiger partial charge in [-0.15, -0.1) is 0 Å². The summed E-state index contributed by atoms with van der Waals surface area (Å²) in [5.41, 5.74) is -0.725. The van der Waals surface area contributed by atoms with Crippen molar-refractivity contribution in [3.8, 4) is 0 Å². The first-order valence-corrected chi connectivity index (χ1v) is 6.49. The van der Waals surface area contributed by atoms with Crippen LogP contribution in [0.3, 0.4) is 0 Å². The summed E-state index contributed by atoms with van der Waals surface area (Å²) in [5.74, 6) is 0.0451. The third-order valence-electron chi connectivity index (χ3n) is 3.55. The van der Waals surface area contributed by atoms with Gasteiger partial charge in [-0.05, 0) is 25.8 Å². The lowest BCUT2D eigenvalue weighted by Crippen LogP contribution is -2.47. The van der Waals surface area contributed by atoms with Gasteiger partial charge in [0.05, 0.1) is 5.41 Å². The summed E-state index contributed by atoms with van der Waals surface area (Å²) in [5, 5.41) is 16.8. The van der Waals surface area contributed by atoms with Gasteiger partial charge in [-0.2, -0.15) is 5.10 Å². The van der Waals surface area contributed by atoms with E-state index in [1.54, 1.807) is 0 Å². The lowest BCUT2D eigenvalue weighted by Gasteiger charge is -2.33. The molecule has 2 heterocycles. The Morgan fingerprint density at radius 2 is 2.50 bits per heavy atom. The number of aryl methyl sites for hydroxylation is 1. The molecule has 100 valence electrons. The molecule has 1 aromatic heterocycles. The number of nitrogens with one attached hydrogen (secondary N) is 1. The highest BCUT2D eigenvalue weighted by Crippen LogP contribution is 2.30. The summed E-state index contributed by atoms with van der Waals surface area (Å²) in [4.78, 5) is 15.8. The molecule has 1 aromatic rings. The van der Waals surface area contributed by atoms with Gasteiger partial charge in [-0.3, -0.25) is 9.48 Å². The van der Waals surface area contributed by atoms with E-state index in [0.717, 1.165) is 31.8 Å². The van der Waals surface area contributed by atoms with Crippen molar-refractivity contribution in [3.05, 3.63) is 12.2 Å². The number of carboxylic acid groups (broad SMARTS) is 1. The standard InChI is InChI=1S/C12H20N4O2/c1-2-6-16-10(14-9-15-16)7-12(11(17)18)4-3-5-13-8-12/h9,13H,2-8H2,1H3,(H,17,18). The van der Waals surface area contributed by atoms with Crippen molar-refractivity contribution in [1.82, 2.24) is 20.1 Å². The topological polar surface area (TPSA) is 80.0 Å². The molecule has 6 heteroatoms. The first-order valence-electron chi connectivity index (χ1n) is 6.49. The minimum atomic E-state index is -0.735. The van der Waals surface area contributed by atoms with Crippen molar-refractivity contribution in [1.29, 1.82) is 0 Å². The highest BCUT2D eigenvalue weighted by atomic mass is 16.4. The Morgan fingerprint density at radius 1 is 1.67 bits per heavy atom. The predicted molar refractivity (Wildman–Crippen MR) is 66.2 cm³/mol. The van der Waals surface area contributed by atoms with Crippen molar-refractivity contribution in [2.75, 3.05) is 13.1 Å². The van der Waals surface area contributed by atoms with E-state index in [1.807, 2.05) is 4.68 Å². The Labute approximate surface area is 106 Å². The molecule has 1 atom stereocenters. The predicted octanol–water partition coefficient (Wildman–Crippen LogP) is 0.685. The molecule has 0 aromatic carbocycles. The Balaban J connectivity index is 2.18. The van der Waals surface area contributed by atoms with E-state index in [1.165, 1.54) is 6.33 Å². The van der Waals surface area contributed by atoms with Crippen LogP contribution in [-0.4, -0.2) is 38.9 Å². The zero-order valence-electron chi connectivity index (χ0n) is 10.7. The van der Waals surface area contributed by atoms with Crippen molar-refractivity contribution < 1.29 is 9.90 Å². The quantitative estimate of drug-likeness (QED) is 0.805. The fourth-order valence-corrected chi connectivity index (χ4v) is 2.50. The highest BCUT2D eigenvalue weighted by molar-refractivity contribution is 5.75. The maximum Gasteiger partial charge on any atom is 0.311 e. The summed E-state index contributed by atoms with van der Waals surface area (Å²) in [6.45, 7) is 4.27. The summed E-state index contributed by atoms with van der Waals surface area (Å²) in [6, 6.07) is 0. The van der Waals surface area contributed by atoms with E-state index >= 15 is 0 Å². The number of carboxylic acids is 1. The molecule has 0 saturated carbocycles. The zero-order chi connectivity index (χ0) is 13.0. The molecule has 0 bridgehead atoms. The fourth-order valence-electron chi connectivity index (χ4n) is 2.50. The monoisotopic (exact) mass is 252 g/mol. The third-order valence-corrected chi connectivity index (χ3v) is 3.55. The molecule has 0 spiro atoms. The van der Waals surface area contributed by atoms with Gasteiger partial charge in [0, 0.05) is 19.5 Å². The van der Waals surface area contributed by atoms with E-state index in [4.69, 9.17) is 0 Å². The van der Waals surface area contributed by atoms with E-state index in [-0.39, 0.29) is 0 Å². The number of nitrogens with zero attached hydrogens (tertiary/aromatic N) is 3. The van der Waals surface area contributed by atoms with E-state index in [2.05, 4.69) is 22.3 Å². The molecule has 0 aliphatic carbocycles. The van der Waals surface area contributed by atoms with Crippen LogP contribution < -0.4 is 5.32 Å². The number of piperidine rings is 1. The molecule has 0 radical (unpaired) electrons. The highest BCUT2D eigenvalue weighted by Gasteiger charge is 2.41. The Bertz CT molecular complexity index is 410. The van der Waals surface area contributed by atoms with E-state index in [9.17, 15) is 9.90 Å². The van der Waals surface area contributed by atoms with Crippen LogP contribution in [0.5, 0.6) is 0 Å². The molecule has 1 aliphatic rings. The number of aliphatic carboxylic acids is 1. The number of hydrogen-bond acceptors (Lipinski definition) is 4. The lowest BCUT2D eigenvalue weighted by molar-refractivity contribution is -0.150. The Morgan fingerprint density at radius 3 is 3.11 bits per heavy atom. The summed E-state index contributed by atoms with van der Waals surface area (Å²) in [6.07, 6.45) is 4.53. The van der Waals surface area contributed by atoms with Crippen molar-refractivity contribution in [2.45, 2.75) is 39.2 Å². The van der Waals surface area contributed by atoms with Crippen LogP contribution in [0, 0.1) is 5.41 Å². The maximum atomic E-state index is 11.6. The molecule has 18 heavy (non-hydrogen) atoms. The number of carbonyl (C=O) groups is 1. The van der Waals surface area contributed by atoms with E-state index in [0.29, 0.717) is 19.4 Å². The van der Waals surface area contributed by atoms with E-state index < -0.39 is 11.4 Å². The van der Waals surface area contributed by atoms with Crippen LogP contribution in [0.2, 0.25) is 0 Å². The molecule has 1 unspecified atom stereocenters. The largest absolute Gasteiger partial charge is 0.481 e. The summed E-state index contributed by atoms with van der Waals surface area (Å²) in [7, 11) is 0. The van der Waals surface area contributed by atoms with Gasteiger partial charge in [0.1, 0.15) is 12.2 Å². The first-order chi connectivity index (χ1) is 8.68. The summed E-state index contributed by atoms with van der Waals surface area (Å²) >= 11 is 0. The van der Waals surface area contributed by atoms with Gasteiger partial charge in [0.2, 0.25) is 0 Å². The summed E-state index contributed by atoms with van der Waals surface area (Å²) < 4.78 is 1.82. The molecule has 1 fully saturated rings. The number of aromatic nitrogens is 3. The molecule has 2 N–H and O–H groups in total. The second-order valence-corrected chi connectivity index (χ2v) is 4.94. The average molecular weight is 252 g/mol. The Kier molecular flexibility index (Phi) is 3.96. The molecule has 1 aliphatic heterocycles. The van der Waals surface area contributed by atoms with Gasteiger partial charge in [0.25, 0.3) is 0 Å². The molecule has 0 amide bonds. The van der Waals surface area contributed by atoms with Crippen LogP contribution in [0.15, 0.2) is 6.33 Å². The van der Waals surface area contributed by atoms with Gasteiger partial charge in [-0.25, -0.2) is 4.98 Å². The molecule has 6 nitrogen and oxygen atoms in total.